The highest BCUT2D eigenvalue weighted by atomic mass is 16.5. The van der Waals surface area contributed by atoms with E-state index in [2.05, 4.69) is 4.74 Å². The number of ether oxygens (including phenoxy) is 1. The van der Waals surface area contributed by atoms with Gasteiger partial charge in [-0.3, -0.25) is 14.4 Å². The molecule has 0 aliphatic rings. The quantitative estimate of drug-likeness (QED) is 0.807. The molecular weight excluding hydrogens is 260 g/mol. The molecule has 0 aromatic heterocycles. The lowest BCUT2D eigenvalue weighted by molar-refractivity contribution is -0.141. The minimum Gasteiger partial charge on any atom is -0.468 e. The largest absolute Gasteiger partial charge is 0.468 e. The van der Waals surface area contributed by atoms with Gasteiger partial charge in [-0.1, -0.05) is 0 Å². The lowest BCUT2D eigenvalue weighted by Gasteiger charge is -2.25. The van der Waals surface area contributed by atoms with Crippen LogP contribution in [-0.4, -0.2) is 42.4 Å². The minimum atomic E-state index is -0.556. The molecule has 6 nitrogen and oxygen atoms in total. The molecule has 0 saturated heterocycles. The fourth-order valence-corrected chi connectivity index (χ4v) is 1.64. The number of nitrogens with two attached hydrogens (primary N) is 1. The van der Waals surface area contributed by atoms with Crippen molar-refractivity contribution in [2.75, 3.05) is 13.7 Å². The normalized spacial score (nSPS) is 10.2. The molecule has 0 aliphatic heterocycles. The maximum absolute atomic E-state index is 12.3. The highest BCUT2D eigenvalue weighted by Gasteiger charge is 2.21. The van der Waals surface area contributed by atoms with Crippen molar-refractivity contribution in [3.05, 3.63) is 35.4 Å². The summed E-state index contributed by atoms with van der Waals surface area (Å²) < 4.78 is 4.57. The van der Waals surface area contributed by atoms with E-state index in [9.17, 15) is 14.4 Å². The summed E-state index contributed by atoms with van der Waals surface area (Å²) in [5, 5.41) is 0. The van der Waals surface area contributed by atoms with E-state index in [1.54, 1.807) is 13.8 Å². The molecule has 0 fully saturated rings. The molecule has 0 spiro atoms. The third-order valence-corrected chi connectivity index (χ3v) is 2.83. The number of hydrogen-bond donors (Lipinski definition) is 1. The number of esters is 1. The third-order valence-electron chi connectivity index (χ3n) is 2.83. The molecule has 2 N–H and O–H groups in total. The number of amides is 2. The second-order valence-corrected chi connectivity index (χ2v) is 4.54. The van der Waals surface area contributed by atoms with Gasteiger partial charge in [-0.2, -0.15) is 0 Å². The summed E-state index contributed by atoms with van der Waals surface area (Å²) in [4.78, 5) is 36.0. The van der Waals surface area contributed by atoms with Gasteiger partial charge in [0.2, 0.25) is 5.91 Å². The molecular formula is C14H18N2O4. The van der Waals surface area contributed by atoms with Gasteiger partial charge in [-0.25, -0.2) is 0 Å². The first-order chi connectivity index (χ1) is 9.36. The Balaban J connectivity index is 2.94. The SMILES string of the molecule is COC(=O)CN(C(=O)c1ccc(C(N)=O)cc1)C(C)C. The standard InChI is InChI=1S/C14H18N2O4/c1-9(2)16(8-12(17)20-3)14(19)11-6-4-10(5-7-11)13(15)18/h4-7,9H,8H2,1-3H3,(H2,15,18). The van der Waals surface area contributed by atoms with Crippen LogP contribution in [0.25, 0.3) is 0 Å². The summed E-state index contributed by atoms with van der Waals surface area (Å²) in [5.74, 6) is -1.35. The Kier molecular flexibility index (Phi) is 5.25. The summed E-state index contributed by atoms with van der Waals surface area (Å²) in [6.45, 7) is 3.49. The average molecular weight is 278 g/mol. The van der Waals surface area contributed by atoms with Crippen LogP contribution in [0, 0.1) is 0 Å². The van der Waals surface area contributed by atoms with Crippen LogP contribution in [0.4, 0.5) is 0 Å². The van der Waals surface area contributed by atoms with Crippen molar-refractivity contribution in [2.24, 2.45) is 5.73 Å². The Morgan fingerprint density at radius 3 is 2.05 bits per heavy atom. The van der Waals surface area contributed by atoms with Gasteiger partial charge in [0.15, 0.2) is 0 Å². The summed E-state index contributed by atoms with van der Waals surface area (Å²) in [7, 11) is 1.27. The molecule has 108 valence electrons. The van der Waals surface area contributed by atoms with Crippen molar-refractivity contribution in [1.82, 2.24) is 4.90 Å². The van der Waals surface area contributed by atoms with Gasteiger partial charge in [0, 0.05) is 17.2 Å². The number of carbonyl (C=O) groups is 3. The Morgan fingerprint density at radius 2 is 1.65 bits per heavy atom. The first kappa shape index (κ1) is 15.7. The third kappa shape index (κ3) is 3.81. The van der Waals surface area contributed by atoms with Crippen molar-refractivity contribution >= 4 is 17.8 Å². The van der Waals surface area contributed by atoms with Gasteiger partial charge < -0.3 is 15.4 Å². The van der Waals surface area contributed by atoms with Crippen LogP contribution in [0.2, 0.25) is 0 Å². The van der Waals surface area contributed by atoms with E-state index < -0.39 is 11.9 Å². The topological polar surface area (TPSA) is 89.7 Å². The molecule has 0 aliphatic carbocycles. The molecule has 0 unspecified atom stereocenters. The van der Waals surface area contributed by atoms with Crippen molar-refractivity contribution < 1.29 is 19.1 Å². The fraction of sp³-hybridized carbons (Fsp3) is 0.357. The average Bonchev–Trinajstić information content (AvgIpc) is 2.43. The van der Waals surface area contributed by atoms with E-state index >= 15 is 0 Å². The van der Waals surface area contributed by atoms with Gasteiger partial charge in [-0.05, 0) is 38.1 Å². The number of hydrogen-bond acceptors (Lipinski definition) is 4. The molecule has 0 saturated carbocycles. The monoisotopic (exact) mass is 278 g/mol. The summed E-state index contributed by atoms with van der Waals surface area (Å²) in [6, 6.07) is 5.82. The van der Waals surface area contributed by atoms with Crippen LogP contribution >= 0.6 is 0 Å². The van der Waals surface area contributed by atoms with Gasteiger partial charge in [-0.15, -0.1) is 0 Å². The fourth-order valence-electron chi connectivity index (χ4n) is 1.64. The number of rotatable bonds is 5. The van der Waals surface area contributed by atoms with E-state index in [0.717, 1.165) is 0 Å². The summed E-state index contributed by atoms with van der Waals surface area (Å²) in [5.41, 5.74) is 5.84. The van der Waals surface area contributed by atoms with Crippen molar-refractivity contribution in [1.29, 1.82) is 0 Å². The zero-order valence-electron chi connectivity index (χ0n) is 11.8. The smallest absolute Gasteiger partial charge is 0.325 e. The number of benzene rings is 1. The first-order valence-corrected chi connectivity index (χ1v) is 6.14. The highest BCUT2D eigenvalue weighted by molar-refractivity contribution is 5.98. The minimum absolute atomic E-state index is 0.120. The van der Waals surface area contributed by atoms with Crippen LogP contribution in [0.5, 0.6) is 0 Å². The number of primary amides is 1. The zero-order valence-corrected chi connectivity index (χ0v) is 11.8. The van der Waals surface area contributed by atoms with Gasteiger partial charge in [0.05, 0.1) is 7.11 Å². The van der Waals surface area contributed by atoms with Crippen LogP contribution in [-0.2, 0) is 9.53 Å². The lowest BCUT2D eigenvalue weighted by Crippen LogP contribution is -2.41. The van der Waals surface area contributed by atoms with Crippen molar-refractivity contribution in [3.8, 4) is 0 Å². The molecule has 1 rings (SSSR count). The van der Waals surface area contributed by atoms with Crippen LogP contribution in [0.15, 0.2) is 24.3 Å². The lowest BCUT2D eigenvalue weighted by atomic mass is 10.1. The summed E-state index contributed by atoms with van der Waals surface area (Å²) in [6.07, 6.45) is 0. The van der Waals surface area contributed by atoms with E-state index in [1.807, 2.05) is 0 Å². The molecule has 2 amide bonds. The number of methoxy groups -OCH3 is 1. The predicted octanol–water partition coefficient (Wildman–Crippen LogP) is 0.809. The molecule has 0 radical (unpaired) electrons. The number of nitrogens with zero attached hydrogens (tertiary/aromatic N) is 1. The Bertz CT molecular complexity index is 508. The van der Waals surface area contributed by atoms with Gasteiger partial charge in [0.25, 0.3) is 5.91 Å². The maximum atomic E-state index is 12.3. The van der Waals surface area contributed by atoms with E-state index in [0.29, 0.717) is 11.1 Å². The van der Waals surface area contributed by atoms with Crippen molar-refractivity contribution in [3.63, 3.8) is 0 Å². The van der Waals surface area contributed by atoms with Crippen LogP contribution < -0.4 is 5.73 Å². The first-order valence-electron chi connectivity index (χ1n) is 6.14. The molecule has 6 heteroatoms. The van der Waals surface area contributed by atoms with E-state index in [-0.39, 0.29) is 18.5 Å². The number of carbonyl (C=O) groups excluding carboxylic acids is 3. The van der Waals surface area contributed by atoms with Gasteiger partial charge in [0.1, 0.15) is 6.54 Å². The molecule has 1 aromatic rings. The Morgan fingerprint density at radius 1 is 1.15 bits per heavy atom. The van der Waals surface area contributed by atoms with Crippen LogP contribution in [0.3, 0.4) is 0 Å². The highest BCUT2D eigenvalue weighted by Crippen LogP contribution is 2.10. The Labute approximate surface area is 117 Å². The molecule has 0 atom stereocenters. The molecule has 20 heavy (non-hydrogen) atoms. The van der Waals surface area contributed by atoms with E-state index in [4.69, 9.17) is 5.73 Å². The van der Waals surface area contributed by atoms with E-state index in [1.165, 1.54) is 36.3 Å². The second-order valence-electron chi connectivity index (χ2n) is 4.54. The van der Waals surface area contributed by atoms with Crippen molar-refractivity contribution in [2.45, 2.75) is 19.9 Å². The summed E-state index contributed by atoms with van der Waals surface area (Å²) >= 11 is 0. The second kappa shape index (κ2) is 6.70. The predicted molar refractivity (Wildman–Crippen MR) is 73.1 cm³/mol. The molecule has 0 heterocycles. The molecule has 1 aromatic carbocycles. The maximum Gasteiger partial charge on any atom is 0.325 e. The Hall–Kier alpha value is -2.37. The van der Waals surface area contributed by atoms with Crippen LogP contribution in [0.1, 0.15) is 34.6 Å². The van der Waals surface area contributed by atoms with Gasteiger partial charge >= 0.3 is 5.97 Å². The zero-order chi connectivity index (χ0) is 15.3. The molecule has 0 bridgehead atoms.